The summed E-state index contributed by atoms with van der Waals surface area (Å²) < 4.78 is 31.4. The molecule has 2 aromatic rings. The Morgan fingerprint density at radius 1 is 1.03 bits per heavy atom. The molecule has 0 aliphatic rings. The second-order valence-electron chi connectivity index (χ2n) is 7.44. The molecule has 0 unspecified atom stereocenters. The number of nitrogens with one attached hydrogen (secondary N) is 2. The normalized spacial score (nSPS) is 12.6. The van der Waals surface area contributed by atoms with Gasteiger partial charge in [-0.1, -0.05) is 50.2 Å². The zero-order valence-corrected chi connectivity index (χ0v) is 18.5. The van der Waals surface area contributed by atoms with Gasteiger partial charge in [-0.05, 0) is 55.1 Å². The fourth-order valence-corrected chi connectivity index (χ4v) is 3.50. The molecule has 2 N–H and O–H groups in total. The average molecular weight is 419 g/mol. The summed E-state index contributed by atoms with van der Waals surface area (Å²) in [6.45, 7) is 8.26. The second kappa shape index (κ2) is 9.89. The Morgan fingerprint density at radius 3 is 2.24 bits per heavy atom. The molecule has 0 radical (unpaired) electrons. The van der Waals surface area contributed by atoms with Crippen LogP contribution in [-0.2, 0) is 27.1 Å². The van der Waals surface area contributed by atoms with Gasteiger partial charge in [0.1, 0.15) is 5.75 Å². The van der Waals surface area contributed by atoms with Crippen molar-refractivity contribution in [2.45, 2.75) is 52.0 Å². The first kappa shape index (κ1) is 22.9. The monoisotopic (exact) mass is 418 g/mol. The van der Waals surface area contributed by atoms with Crippen LogP contribution in [0, 0.1) is 6.92 Å². The number of sulfonamides is 1. The Morgan fingerprint density at radius 2 is 1.66 bits per heavy atom. The summed E-state index contributed by atoms with van der Waals surface area (Å²) in [6, 6.07) is 13.2. The van der Waals surface area contributed by atoms with E-state index < -0.39 is 16.1 Å². The summed E-state index contributed by atoms with van der Waals surface area (Å²) in [5.41, 5.74) is 3.72. The molecule has 158 valence electrons. The molecule has 0 saturated heterocycles. The molecular formula is C22H30N2O4S. The maximum atomic E-state index is 12.4. The third-order valence-electron chi connectivity index (χ3n) is 4.71. The van der Waals surface area contributed by atoms with Crippen molar-refractivity contribution in [2.24, 2.45) is 0 Å². The van der Waals surface area contributed by atoms with E-state index in [0.29, 0.717) is 23.8 Å². The molecule has 0 fully saturated rings. The number of carbonyl (C=O) groups is 1. The number of carbonyl (C=O) groups excluding carboxylic acids is 1. The van der Waals surface area contributed by atoms with Crippen molar-refractivity contribution in [1.29, 1.82) is 0 Å². The number of hydrogen-bond donors (Lipinski definition) is 2. The summed E-state index contributed by atoms with van der Waals surface area (Å²) in [6.07, 6.45) is -0.629. The fraction of sp³-hybridized carbons (Fsp3) is 0.409. The van der Waals surface area contributed by atoms with E-state index in [-0.39, 0.29) is 11.7 Å². The van der Waals surface area contributed by atoms with Crippen LogP contribution in [0.15, 0.2) is 42.5 Å². The molecule has 29 heavy (non-hydrogen) atoms. The van der Waals surface area contributed by atoms with Crippen LogP contribution >= 0.6 is 0 Å². The second-order valence-corrected chi connectivity index (χ2v) is 9.36. The minimum Gasteiger partial charge on any atom is -0.481 e. The minimum absolute atomic E-state index is 0.0736. The molecule has 0 aliphatic carbocycles. The van der Waals surface area contributed by atoms with Gasteiger partial charge in [-0.15, -0.1) is 0 Å². The topological polar surface area (TPSA) is 84.5 Å². The SMILES string of the molecule is CNS(=O)(=O)Cc1ccc(CNC(=O)[C@@H](C)Oc2cc(C(C)C)ccc2C)cc1. The highest BCUT2D eigenvalue weighted by atomic mass is 32.2. The Bertz CT molecular complexity index is 938. The smallest absolute Gasteiger partial charge is 0.261 e. The van der Waals surface area contributed by atoms with Gasteiger partial charge in [0.05, 0.1) is 5.75 Å². The van der Waals surface area contributed by atoms with Crippen molar-refractivity contribution in [3.63, 3.8) is 0 Å². The van der Waals surface area contributed by atoms with E-state index in [1.54, 1.807) is 19.1 Å². The number of hydrogen-bond acceptors (Lipinski definition) is 4. The molecular weight excluding hydrogens is 388 g/mol. The molecule has 2 aromatic carbocycles. The van der Waals surface area contributed by atoms with Crippen LogP contribution in [0.4, 0.5) is 0 Å². The van der Waals surface area contributed by atoms with Crippen molar-refractivity contribution >= 4 is 15.9 Å². The summed E-state index contributed by atoms with van der Waals surface area (Å²) in [5, 5.41) is 2.86. The number of rotatable bonds is 9. The van der Waals surface area contributed by atoms with Crippen molar-refractivity contribution in [3.8, 4) is 5.75 Å². The quantitative estimate of drug-likeness (QED) is 0.655. The molecule has 1 amide bonds. The van der Waals surface area contributed by atoms with Crippen LogP contribution in [0.1, 0.15) is 48.9 Å². The van der Waals surface area contributed by atoms with Gasteiger partial charge in [-0.2, -0.15) is 0 Å². The van der Waals surface area contributed by atoms with Crippen LogP contribution < -0.4 is 14.8 Å². The van der Waals surface area contributed by atoms with Crippen LogP contribution in [0.5, 0.6) is 5.75 Å². The van der Waals surface area contributed by atoms with Crippen molar-refractivity contribution in [3.05, 3.63) is 64.7 Å². The maximum Gasteiger partial charge on any atom is 0.261 e. The number of ether oxygens (including phenoxy) is 1. The lowest BCUT2D eigenvalue weighted by Gasteiger charge is -2.18. The van der Waals surface area contributed by atoms with E-state index in [1.165, 1.54) is 12.6 Å². The fourth-order valence-electron chi connectivity index (χ4n) is 2.72. The Kier molecular flexibility index (Phi) is 7.81. The molecule has 6 nitrogen and oxygen atoms in total. The summed E-state index contributed by atoms with van der Waals surface area (Å²) in [4.78, 5) is 12.4. The molecule has 0 aliphatic heterocycles. The highest BCUT2D eigenvalue weighted by Gasteiger charge is 2.16. The molecule has 0 saturated carbocycles. The van der Waals surface area contributed by atoms with Crippen molar-refractivity contribution in [1.82, 2.24) is 10.0 Å². The lowest BCUT2D eigenvalue weighted by atomic mass is 10.0. The molecule has 1 atom stereocenters. The van der Waals surface area contributed by atoms with Gasteiger partial charge >= 0.3 is 0 Å². The first-order chi connectivity index (χ1) is 13.6. The van der Waals surface area contributed by atoms with Gasteiger partial charge in [-0.25, -0.2) is 13.1 Å². The highest BCUT2D eigenvalue weighted by molar-refractivity contribution is 7.88. The van der Waals surface area contributed by atoms with E-state index >= 15 is 0 Å². The van der Waals surface area contributed by atoms with E-state index in [1.807, 2.05) is 31.2 Å². The van der Waals surface area contributed by atoms with Crippen LogP contribution in [0.2, 0.25) is 0 Å². The van der Waals surface area contributed by atoms with E-state index in [2.05, 4.69) is 30.0 Å². The van der Waals surface area contributed by atoms with Gasteiger partial charge in [0.15, 0.2) is 6.10 Å². The van der Waals surface area contributed by atoms with Crippen LogP contribution in [0.25, 0.3) is 0 Å². The number of benzene rings is 2. The van der Waals surface area contributed by atoms with Gasteiger partial charge in [0, 0.05) is 6.54 Å². The molecule has 0 bridgehead atoms. The zero-order chi connectivity index (χ0) is 21.6. The average Bonchev–Trinajstić information content (AvgIpc) is 2.68. The predicted octanol–water partition coefficient (Wildman–Crippen LogP) is 3.25. The standard InChI is InChI=1S/C22H30N2O4S/c1-15(2)20-11-6-16(3)21(12-20)28-17(4)22(25)24-13-18-7-9-19(10-8-18)14-29(26,27)23-5/h6-12,15,17,23H,13-14H2,1-5H3,(H,24,25)/t17-/m1/s1. The Hall–Kier alpha value is -2.38. The van der Waals surface area contributed by atoms with Gasteiger partial charge < -0.3 is 10.1 Å². The predicted molar refractivity (Wildman–Crippen MR) is 115 cm³/mol. The van der Waals surface area contributed by atoms with Crippen LogP contribution in [-0.4, -0.2) is 27.5 Å². The first-order valence-corrected chi connectivity index (χ1v) is 11.3. The first-order valence-electron chi connectivity index (χ1n) is 9.65. The zero-order valence-electron chi connectivity index (χ0n) is 17.7. The molecule has 0 spiro atoms. The number of aryl methyl sites for hydroxylation is 1. The van der Waals surface area contributed by atoms with Crippen molar-refractivity contribution in [2.75, 3.05) is 7.05 Å². The van der Waals surface area contributed by atoms with E-state index in [4.69, 9.17) is 4.74 Å². The lowest BCUT2D eigenvalue weighted by Crippen LogP contribution is -2.36. The largest absolute Gasteiger partial charge is 0.481 e. The summed E-state index contributed by atoms with van der Waals surface area (Å²) in [7, 11) is -1.91. The highest BCUT2D eigenvalue weighted by Crippen LogP contribution is 2.25. The maximum absolute atomic E-state index is 12.4. The third kappa shape index (κ3) is 6.87. The van der Waals surface area contributed by atoms with E-state index in [0.717, 1.165) is 11.1 Å². The van der Waals surface area contributed by atoms with Crippen LogP contribution in [0.3, 0.4) is 0 Å². The molecule has 0 heterocycles. The van der Waals surface area contributed by atoms with Gasteiger partial charge in [0.2, 0.25) is 10.0 Å². The summed E-state index contributed by atoms with van der Waals surface area (Å²) in [5.74, 6) is 0.818. The number of amides is 1. The van der Waals surface area contributed by atoms with E-state index in [9.17, 15) is 13.2 Å². The molecule has 0 aromatic heterocycles. The molecule has 2 rings (SSSR count). The van der Waals surface area contributed by atoms with Crippen molar-refractivity contribution < 1.29 is 17.9 Å². The van der Waals surface area contributed by atoms with Gasteiger partial charge in [0.25, 0.3) is 5.91 Å². The third-order valence-corrected chi connectivity index (χ3v) is 6.04. The Labute approximate surface area is 173 Å². The minimum atomic E-state index is -3.30. The summed E-state index contributed by atoms with van der Waals surface area (Å²) >= 11 is 0. The molecule has 7 heteroatoms. The Balaban J connectivity index is 1.93. The lowest BCUT2D eigenvalue weighted by molar-refractivity contribution is -0.127. The van der Waals surface area contributed by atoms with Gasteiger partial charge in [-0.3, -0.25) is 4.79 Å².